The summed E-state index contributed by atoms with van der Waals surface area (Å²) in [5.41, 5.74) is 1.64. The predicted octanol–water partition coefficient (Wildman–Crippen LogP) is 1.40. The highest BCUT2D eigenvalue weighted by Gasteiger charge is 2.06. The number of aryl methyl sites for hydroxylation is 1. The minimum Gasteiger partial charge on any atom is -0.439 e. The average molecular weight is 217 g/mol. The lowest BCUT2D eigenvalue weighted by Gasteiger charge is -2.04. The van der Waals surface area contributed by atoms with Crippen molar-refractivity contribution >= 4 is 5.97 Å². The first kappa shape index (κ1) is 10.4. The van der Waals surface area contributed by atoms with Gasteiger partial charge in [0.2, 0.25) is 0 Å². The molecule has 16 heavy (non-hydrogen) atoms. The minimum atomic E-state index is -0.365. The van der Waals surface area contributed by atoms with Gasteiger partial charge in [-0.2, -0.15) is 5.10 Å². The molecule has 0 unspecified atom stereocenters. The molecule has 1 heterocycles. The van der Waals surface area contributed by atoms with Crippen molar-refractivity contribution in [2.24, 2.45) is 0 Å². The summed E-state index contributed by atoms with van der Waals surface area (Å²) in [5.74, 6) is -0.365. The van der Waals surface area contributed by atoms with Gasteiger partial charge >= 0.3 is 5.97 Å². The van der Waals surface area contributed by atoms with E-state index in [0.717, 1.165) is 5.56 Å². The number of nitrogens with zero attached hydrogens (tertiary/aromatic N) is 3. The lowest BCUT2D eigenvalue weighted by atomic mass is 10.2. The molecule has 0 aliphatic rings. The molecule has 2 aromatic rings. The maximum absolute atomic E-state index is 11.6. The Labute approximate surface area is 92.7 Å². The molecule has 1 aromatic heterocycles. The molecule has 2 rings (SSSR count). The van der Waals surface area contributed by atoms with Crippen LogP contribution in [0.25, 0.3) is 0 Å². The van der Waals surface area contributed by atoms with Crippen LogP contribution in [0.2, 0.25) is 0 Å². The zero-order valence-corrected chi connectivity index (χ0v) is 8.83. The van der Waals surface area contributed by atoms with Gasteiger partial charge in [0.15, 0.2) is 6.73 Å². The molecule has 82 valence electrons. The molecule has 5 heteroatoms. The predicted molar refractivity (Wildman–Crippen MR) is 56.6 cm³/mol. The van der Waals surface area contributed by atoms with Gasteiger partial charge in [0.05, 0.1) is 5.56 Å². The second-order valence-corrected chi connectivity index (χ2v) is 3.36. The SMILES string of the molecule is Cc1ccc(C(=O)OCn2cncn2)cc1. The maximum Gasteiger partial charge on any atom is 0.339 e. The third kappa shape index (κ3) is 2.44. The van der Waals surface area contributed by atoms with Gasteiger partial charge in [-0.25, -0.2) is 14.5 Å². The van der Waals surface area contributed by atoms with E-state index in [9.17, 15) is 4.79 Å². The summed E-state index contributed by atoms with van der Waals surface area (Å²) in [6, 6.07) is 7.20. The Morgan fingerprint density at radius 3 is 2.75 bits per heavy atom. The van der Waals surface area contributed by atoms with Crippen molar-refractivity contribution in [2.45, 2.75) is 13.7 Å². The first-order valence-electron chi connectivity index (χ1n) is 4.82. The van der Waals surface area contributed by atoms with Crippen LogP contribution in [0.1, 0.15) is 15.9 Å². The van der Waals surface area contributed by atoms with E-state index in [1.807, 2.05) is 19.1 Å². The van der Waals surface area contributed by atoms with E-state index < -0.39 is 0 Å². The number of esters is 1. The Hall–Kier alpha value is -2.17. The molecule has 0 saturated carbocycles. The van der Waals surface area contributed by atoms with Crippen LogP contribution in [0.4, 0.5) is 0 Å². The van der Waals surface area contributed by atoms with E-state index >= 15 is 0 Å². The number of carbonyl (C=O) groups excluding carboxylic acids is 1. The van der Waals surface area contributed by atoms with Gasteiger partial charge in [-0.15, -0.1) is 0 Å². The Morgan fingerprint density at radius 1 is 1.38 bits per heavy atom. The third-order valence-electron chi connectivity index (χ3n) is 2.08. The smallest absolute Gasteiger partial charge is 0.339 e. The first-order chi connectivity index (χ1) is 7.75. The molecular formula is C11H11N3O2. The van der Waals surface area contributed by atoms with Crippen molar-refractivity contribution in [1.29, 1.82) is 0 Å². The van der Waals surface area contributed by atoms with Crippen LogP contribution in [-0.2, 0) is 11.5 Å². The summed E-state index contributed by atoms with van der Waals surface area (Å²) >= 11 is 0. The fraction of sp³-hybridized carbons (Fsp3) is 0.182. The molecule has 0 spiro atoms. The van der Waals surface area contributed by atoms with Gasteiger partial charge in [0.1, 0.15) is 12.7 Å². The zero-order chi connectivity index (χ0) is 11.4. The second kappa shape index (κ2) is 4.57. The molecule has 0 amide bonds. The number of ether oxygens (including phenoxy) is 1. The standard InChI is InChI=1S/C11H11N3O2/c1-9-2-4-10(5-3-9)11(15)16-8-14-7-12-6-13-14/h2-7H,8H2,1H3. The lowest BCUT2D eigenvalue weighted by Crippen LogP contribution is -2.10. The summed E-state index contributed by atoms with van der Waals surface area (Å²) < 4.78 is 6.47. The topological polar surface area (TPSA) is 57.0 Å². The molecule has 0 aliphatic carbocycles. The van der Waals surface area contributed by atoms with E-state index in [4.69, 9.17) is 4.74 Å². The Bertz CT molecular complexity index is 462. The van der Waals surface area contributed by atoms with Gasteiger partial charge in [-0.3, -0.25) is 0 Å². The van der Waals surface area contributed by atoms with Crippen molar-refractivity contribution < 1.29 is 9.53 Å². The fourth-order valence-corrected chi connectivity index (χ4v) is 1.20. The molecule has 5 nitrogen and oxygen atoms in total. The molecule has 0 aliphatic heterocycles. The number of hydrogen-bond donors (Lipinski definition) is 0. The van der Waals surface area contributed by atoms with Crippen molar-refractivity contribution in [1.82, 2.24) is 14.8 Å². The molecule has 0 radical (unpaired) electrons. The summed E-state index contributed by atoms with van der Waals surface area (Å²) in [6.07, 6.45) is 2.88. The van der Waals surface area contributed by atoms with Crippen molar-refractivity contribution in [3.63, 3.8) is 0 Å². The van der Waals surface area contributed by atoms with Crippen molar-refractivity contribution in [2.75, 3.05) is 0 Å². The third-order valence-corrected chi connectivity index (χ3v) is 2.08. The van der Waals surface area contributed by atoms with Crippen LogP contribution in [0.15, 0.2) is 36.9 Å². The first-order valence-corrected chi connectivity index (χ1v) is 4.82. The molecule has 0 atom stereocenters. The Morgan fingerprint density at radius 2 is 2.12 bits per heavy atom. The highest BCUT2D eigenvalue weighted by atomic mass is 16.5. The van der Waals surface area contributed by atoms with E-state index in [-0.39, 0.29) is 12.7 Å². The molecule has 0 fully saturated rings. The van der Waals surface area contributed by atoms with E-state index in [1.54, 1.807) is 12.1 Å². The summed E-state index contributed by atoms with van der Waals surface area (Å²) in [6.45, 7) is 2.04. The quantitative estimate of drug-likeness (QED) is 0.729. The summed E-state index contributed by atoms with van der Waals surface area (Å²) in [5, 5.41) is 3.82. The number of rotatable bonds is 3. The van der Waals surface area contributed by atoms with Crippen LogP contribution in [0.3, 0.4) is 0 Å². The van der Waals surface area contributed by atoms with Crippen LogP contribution in [-0.4, -0.2) is 20.7 Å². The van der Waals surface area contributed by atoms with Gasteiger partial charge in [-0.05, 0) is 19.1 Å². The van der Waals surface area contributed by atoms with Crippen LogP contribution in [0, 0.1) is 6.92 Å². The molecule has 0 N–H and O–H groups in total. The van der Waals surface area contributed by atoms with Crippen molar-refractivity contribution in [3.8, 4) is 0 Å². The molecule has 1 aromatic carbocycles. The highest BCUT2D eigenvalue weighted by Crippen LogP contribution is 2.05. The summed E-state index contributed by atoms with van der Waals surface area (Å²) in [7, 11) is 0. The maximum atomic E-state index is 11.6. The number of hydrogen-bond acceptors (Lipinski definition) is 4. The van der Waals surface area contributed by atoms with E-state index in [0.29, 0.717) is 5.56 Å². The molecule has 0 saturated heterocycles. The van der Waals surface area contributed by atoms with E-state index in [2.05, 4.69) is 10.1 Å². The number of carbonyl (C=O) groups is 1. The number of aromatic nitrogens is 3. The van der Waals surface area contributed by atoms with E-state index in [1.165, 1.54) is 17.3 Å². The van der Waals surface area contributed by atoms with Crippen molar-refractivity contribution in [3.05, 3.63) is 48.0 Å². The normalized spacial score (nSPS) is 10.1. The van der Waals surface area contributed by atoms with Gasteiger partial charge in [-0.1, -0.05) is 17.7 Å². The van der Waals surface area contributed by atoms with Crippen LogP contribution in [0.5, 0.6) is 0 Å². The molecular weight excluding hydrogens is 206 g/mol. The number of benzene rings is 1. The highest BCUT2D eigenvalue weighted by molar-refractivity contribution is 5.89. The van der Waals surface area contributed by atoms with Gasteiger partial charge in [0, 0.05) is 0 Å². The zero-order valence-electron chi connectivity index (χ0n) is 8.83. The van der Waals surface area contributed by atoms with Crippen LogP contribution >= 0.6 is 0 Å². The van der Waals surface area contributed by atoms with Gasteiger partial charge in [0.25, 0.3) is 0 Å². The molecule has 0 bridgehead atoms. The summed E-state index contributed by atoms with van der Waals surface area (Å²) in [4.78, 5) is 15.3. The largest absolute Gasteiger partial charge is 0.439 e. The Balaban J connectivity index is 1.95. The van der Waals surface area contributed by atoms with Crippen LogP contribution < -0.4 is 0 Å². The Kier molecular flexibility index (Phi) is 2.95. The lowest BCUT2D eigenvalue weighted by molar-refractivity contribution is 0.0349. The minimum absolute atomic E-state index is 0.0761. The monoisotopic (exact) mass is 217 g/mol. The average Bonchev–Trinajstić information content (AvgIpc) is 2.80. The fourth-order valence-electron chi connectivity index (χ4n) is 1.20. The second-order valence-electron chi connectivity index (χ2n) is 3.36. The van der Waals surface area contributed by atoms with Gasteiger partial charge < -0.3 is 4.74 Å².